The summed E-state index contributed by atoms with van der Waals surface area (Å²) in [6, 6.07) is 8.09. The van der Waals surface area contributed by atoms with E-state index in [0.717, 1.165) is 29.8 Å². The number of nitrogens with one attached hydrogen (secondary N) is 1. The number of aliphatic hydroxyl groups excluding tert-OH is 4. The molecule has 2 aromatic rings. The fraction of sp³-hybridized carbons (Fsp3) is 0.542. The number of rotatable bonds is 11. The largest absolute Gasteiger partial charge is 0.393 e. The van der Waals surface area contributed by atoms with Crippen LogP contribution in [0, 0.1) is 6.92 Å². The van der Waals surface area contributed by atoms with E-state index in [4.69, 9.17) is 21.1 Å². The molecule has 2 heterocycles. The average molecular weight is 602 g/mol. The monoisotopic (exact) mass is 601 g/mol. The highest BCUT2D eigenvalue weighted by molar-refractivity contribution is 7.53. The summed E-state index contributed by atoms with van der Waals surface area (Å²) in [6.07, 6.45) is -3.06. The molecule has 220 valence electrons. The first-order chi connectivity index (χ1) is 19.0. The van der Waals surface area contributed by atoms with E-state index in [0.29, 0.717) is 11.4 Å². The van der Waals surface area contributed by atoms with Gasteiger partial charge in [-0.05, 0) is 48.9 Å². The molecule has 0 radical (unpaired) electrons. The van der Waals surface area contributed by atoms with Crippen LogP contribution < -0.4 is 10.3 Å². The maximum Gasteiger partial charge on any atom is 0.361 e. The summed E-state index contributed by atoms with van der Waals surface area (Å²) in [5.41, 5.74) is 2.90. The summed E-state index contributed by atoms with van der Waals surface area (Å²) in [5.74, 6) is 0.560. The minimum atomic E-state index is -5.14. The number of ether oxygens (including phenoxy) is 2. The van der Waals surface area contributed by atoms with Crippen molar-refractivity contribution in [1.82, 2.24) is 9.97 Å². The molecule has 1 aromatic heterocycles. The van der Waals surface area contributed by atoms with Crippen LogP contribution in [0.3, 0.4) is 0 Å². The summed E-state index contributed by atoms with van der Waals surface area (Å²) in [5, 5.41) is 46.1. The van der Waals surface area contributed by atoms with Gasteiger partial charge in [0, 0.05) is 12.3 Å². The lowest BCUT2D eigenvalue weighted by Gasteiger charge is -2.32. The molecule has 0 saturated carbocycles. The lowest BCUT2D eigenvalue weighted by molar-refractivity contribution is -0.114. The van der Waals surface area contributed by atoms with Crippen molar-refractivity contribution in [3.8, 4) is 0 Å². The molecular weight excluding hydrogens is 569 g/mol. The normalized spacial score (nSPS) is 24.9. The van der Waals surface area contributed by atoms with E-state index >= 15 is 0 Å². The number of hydrogen-bond donors (Lipinski definition) is 7. The van der Waals surface area contributed by atoms with E-state index in [-0.39, 0.29) is 17.1 Å². The van der Waals surface area contributed by atoms with Crippen molar-refractivity contribution in [1.29, 1.82) is 0 Å². The third-order valence-corrected chi connectivity index (χ3v) is 8.90. The van der Waals surface area contributed by atoms with Crippen LogP contribution >= 0.6 is 19.2 Å². The molecule has 1 saturated heterocycles. The Morgan fingerprint density at radius 1 is 1.25 bits per heavy atom. The second kappa shape index (κ2) is 12.3. The Morgan fingerprint density at radius 2 is 1.95 bits per heavy atom. The van der Waals surface area contributed by atoms with Gasteiger partial charge >= 0.3 is 7.60 Å². The average Bonchev–Trinajstić information content (AvgIpc) is 3.20. The van der Waals surface area contributed by atoms with Crippen molar-refractivity contribution in [3.05, 3.63) is 46.2 Å². The molecule has 0 amide bonds. The smallest absolute Gasteiger partial charge is 0.361 e. The van der Waals surface area contributed by atoms with E-state index in [2.05, 4.69) is 39.2 Å². The summed E-state index contributed by atoms with van der Waals surface area (Å²) in [7, 11) is -5.14. The molecule has 0 unspecified atom stereocenters. The number of benzene rings is 1. The molecule has 16 heteroatoms. The molecule has 1 aliphatic heterocycles. The number of hydrazone groups is 1. The number of aryl methyl sites for hydroxylation is 1. The Kier molecular flexibility index (Phi) is 9.47. The molecular formula is C24H33ClN5O9P. The van der Waals surface area contributed by atoms with Crippen LogP contribution in [0.1, 0.15) is 35.6 Å². The molecule has 14 nitrogen and oxygen atoms in total. The zero-order valence-corrected chi connectivity index (χ0v) is 23.3. The van der Waals surface area contributed by atoms with Crippen molar-refractivity contribution >= 4 is 37.5 Å². The Balaban J connectivity index is 1.57. The number of anilines is 2. The molecule has 5 atom stereocenters. The van der Waals surface area contributed by atoms with Gasteiger partial charge in [0.15, 0.2) is 12.0 Å². The van der Waals surface area contributed by atoms with E-state index in [1.165, 1.54) is 5.56 Å². The highest BCUT2D eigenvalue weighted by atomic mass is 35.5. The molecule has 7 N–H and O–H groups in total. The van der Waals surface area contributed by atoms with Crippen molar-refractivity contribution in [3.63, 3.8) is 0 Å². The van der Waals surface area contributed by atoms with E-state index < -0.39 is 57.3 Å². The number of hydrogen-bond acceptors (Lipinski definition) is 12. The second-order valence-electron chi connectivity index (χ2n) is 9.73. The van der Waals surface area contributed by atoms with Gasteiger partial charge in [-0.15, -0.1) is 0 Å². The third kappa shape index (κ3) is 5.88. The van der Waals surface area contributed by atoms with Crippen LogP contribution in [-0.2, 0) is 20.5 Å². The van der Waals surface area contributed by atoms with Gasteiger partial charge in [-0.2, -0.15) is 10.1 Å². The van der Waals surface area contributed by atoms with Gasteiger partial charge in [-0.3, -0.25) is 4.57 Å². The van der Waals surface area contributed by atoms with Gasteiger partial charge in [0.05, 0.1) is 25.9 Å². The lowest BCUT2D eigenvalue weighted by Crippen LogP contribution is -2.44. The van der Waals surface area contributed by atoms with Gasteiger partial charge < -0.3 is 45.0 Å². The summed E-state index contributed by atoms with van der Waals surface area (Å²) >= 11 is 6.27. The van der Waals surface area contributed by atoms with Crippen LogP contribution in [0.2, 0.25) is 5.28 Å². The van der Waals surface area contributed by atoms with Crippen LogP contribution in [0.4, 0.5) is 11.6 Å². The van der Waals surface area contributed by atoms with E-state index in [9.17, 15) is 34.8 Å². The molecule has 4 rings (SSSR count). The molecule has 0 bridgehead atoms. The summed E-state index contributed by atoms with van der Waals surface area (Å²) in [4.78, 5) is 27.7. The summed E-state index contributed by atoms with van der Waals surface area (Å²) < 4.78 is 22.7. The second-order valence-corrected chi connectivity index (χ2v) is 12.0. The van der Waals surface area contributed by atoms with Gasteiger partial charge in [0.25, 0.3) is 0 Å². The lowest BCUT2D eigenvalue weighted by atomic mass is 9.87. The predicted molar refractivity (Wildman–Crippen MR) is 145 cm³/mol. The van der Waals surface area contributed by atoms with Crippen molar-refractivity contribution < 1.29 is 44.3 Å². The highest BCUT2D eigenvalue weighted by Crippen LogP contribution is 2.51. The van der Waals surface area contributed by atoms with Crippen LogP contribution in [0.5, 0.6) is 0 Å². The molecule has 1 aliphatic carbocycles. The predicted octanol–water partition coefficient (Wildman–Crippen LogP) is 0.672. The van der Waals surface area contributed by atoms with Crippen LogP contribution in [0.25, 0.3) is 0 Å². The molecule has 1 aromatic carbocycles. The number of fused-ring (bicyclic) bond motifs is 1. The molecule has 40 heavy (non-hydrogen) atoms. The molecule has 0 spiro atoms. The summed E-state index contributed by atoms with van der Waals surface area (Å²) in [6.45, 7) is 2.15. The van der Waals surface area contributed by atoms with Crippen molar-refractivity contribution in [2.45, 2.75) is 62.1 Å². The standard InChI is InChI=1S/C24H33ClN5O9P/c1-13-20(27-16-9-5-7-14-6-3-4-8-15(14)16)28-23(25)29-21(13)30(26-2)22-19(34)18(33)17(39-22)10-38-24(11-31,12-32)40(35,36)37/h3-4,6,8,16-19,22,31-34H,2,5,7,9-12H2,1H3,(H,27,28,29)(H2,35,36,37)/t16-,17-,18-,19-,22-/m1/s1. The maximum absolute atomic E-state index is 11.8. The van der Waals surface area contributed by atoms with Gasteiger partial charge in [0.1, 0.15) is 24.1 Å². The van der Waals surface area contributed by atoms with Gasteiger partial charge in [-0.1, -0.05) is 24.3 Å². The first-order valence-electron chi connectivity index (χ1n) is 12.5. The number of aliphatic hydroxyl groups is 4. The highest BCUT2D eigenvalue weighted by Gasteiger charge is 2.51. The fourth-order valence-electron chi connectivity index (χ4n) is 4.89. The first-order valence-corrected chi connectivity index (χ1v) is 14.5. The first kappa shape index (κ1) is 30.7. The minimum absolute atomic E-state index is 0.0309. The van der Waals surface area contributed by atoms with Crippen LogP contribution in [-0.4, -0.2) is 96.6 Å². The zero-order valence-electron chi connectivity index (χ0n) is 21.7. The third-order valence-electron chi connectivity index (χ3n) is 7.26. The quantitative estimate of drug-likeness (QED) is 0.0818. The minimum Gasteiger partial charge on any atom is -0.393 e. The Hall–Kier alpha value is -2.23. The van der Waals surface area contributed by atoms with Crippen molar-refractivity contribution in [2.24, 2.45) is 5.10 Å². The van der Waals surface area contributed by atoms with Crippen molar-refractivity contribution in [2.75, 3.05) is 30.1 Å². The van der Waals surface area contributed by atoms with E-state index in [1.54, 1.807) is 6.92 Å². The fourth-order valence-corrected chi connectivity index (χ4v) is 5.67. The zero-order chi connectivity index (χ0) is 29.2. The maximum atomic E-state index is 11.8. The Bertz CT molecular complexity index is 1260. The number of nitrogens with zero attached hydrogens (tertiary/aromatic N) is 4. The van der Waals surface area contributed by atoms with E-state index in [1.807, 2.05) is 12.1 Å². The van der Waals surface area contributed by atoms with Crippen LogP contribution in [0.15, 0.2) is 29.4 Å². The molecule has 2 aliphatic rings. The number of halogens is 1. The SMILES string of the molecule is C=NN(c1nc(Cl)nc(N[C@@H]2CCCc3ccccc32)c1C)[C@@H]1O[C@H](COC(CO)(CO)P(=O)(O)O)[C@@H](O)[C@H]1O. The molecule has 1 fully saturated rings. The Labute approximate surface area is 235 Å². The van der Waals surface area contributed by atoms with Gasteiger partial charge in [0.2, 0.25) is 10.6 Å². The van der Waals surface area contributed by atoms with Gasteiger partial charge in [-0.25, -0.2) is 9.99 Å². The topological polar surface area (TPSA) is 210 Å². The Morgan fingerprint density at radius 3 is 2.60 bits per heavy atom. The number of aromatic nitrogens is 2.